The van der Waals surface area contributed by atoms with E-state index in [1.165, 1.54) is 17.4 Å². The SMILES string of the molecule is O=C(C=Cc1cccs1)NC(=S)NNC(=O)COc1ccc(Br)cc1Br. The smallest absolute Gasteiger partial charge is 0.276 e. The summed E-state index contributed by atoms with van der Waals surface area (Å²) in [7, 11) is 0. The first kappa shape index (κ1) is 20.6. The molecular weight excluding hydrogens is 506 g/mol. The van der Waals surface area contributed by atoms with E-state index in [0.29, 0.717) is 10.2 Å². The van der Waals surface area contributed by atoms with E-state index in [1.54, 1.807) is 24.3 Å². The lowest BCUT2D eigenvalue weighted by Gasteiger charge is -2.11. The average molecular weight is 519 g/mol. The molecule has 0 aliphatic carbocycles. The number of ether oxygens (including phenoxy) is 1. The Bertz CT molecular complexity index is 826. The normalized spacial score (nSPS) is 10.4. The first-order chi connectivity index (χ1) is 12.4. The number of halogens is 2. The van der Waals surface area contributed by atoms with Gasteiger partial charge < -0.3 is 4.74 Å². The third-order valence-corrected chi connectivity index (χ3v) is 4.90. The molecule has 0 aliphatic rings. The molecule has 136 valence electrons. The topological polar surface area (TPSA) is 79.5 Å². The standard InChI is InChI=1S/C16H13Br2N3O3S2/c17-10-3-5-13(12(18)8-10)24-9-15(23)20-21-16(25)19-14(22)6-4-11-2-1-7-26-11/h1-8H,9H2,(H,20,23)(H2,19,21,22,25). The van der Waals surface area contributed by atoms with Crippen LogP contribution in [0.15, 0.2) is 50.7 Å². The van der Waals surface area contributed by atoms with Crippen molar-refractivity contribution in [3.8, 4) is 5.75 Å². The highest BCUT2D eigenvalue weighted by Gasteiger charge is 2.07. The second-order valence-electron chi connectivity index (χ2n) is 4.70. The number of nitrogens with one attached hydrogen (secondary N) is 3. The molecule has 0 atom stereocenters. The minimum atomic E-state index is -0.453. The summed E-state index contributed by atoms with van der Waals surface area (Å²) in [5, 5.41) is 4.30. The molecule has 2 amide bonds. The Hall–Kier alpha value is -1.75. The van der Waals surface area contributed by atoms with E-state index in [0.717, 1.165) is 9.35 Å². The molecule has 1 aromatic carbocycles. The largest absolute Gasteiger partial charge is 0.483 e. The third-order valence-electron chi connectivity index (χ3n) is 2.75. The number of thiocarbonyl (C=S) groups is 1. The van der Waals surface area contributed by atoms with Crippen LogP contribution in [0, 0.1) is 0 Å². The Morgan fingerprint density at radius 3 is 2.73 bits per heavy atom. The van der Waals surface area contributed by atoms with Crippen LogP contribution in [0.2, 0.25) is 0 Å². The Morgan fingerprint density at radius 2 is 2.04 bits per heavy atom. The van der Waals surface area contributed by atoms with Crippen molar-refractivity contribution in [3.05, 3.63) is 55.6 Å². The van der Waals surface area contributed by atoms with Crippen LogP contribution in [-0.2, 0) is 9.59 Å². The van der Waals surface area contributed by atoms with E-state index < -0.39 is 11.8 Å². The van der Waals surface area contributed by atoms with Gasteiger partial charge in [0.2, 0.25) is 5.91 Å². The molecule has 0 unspecified atom stereocenters. The molecule has 10 heteroatoms. The average Bonchev–Trinajstić information content (AvgIpc) is 3.11. The number of thiophene rings is 1. The molecule has 0 fully saturated rings. The van der Waals surface area contributed by atoms with Crippen LogP contribution in [0.5, 0.6) is 5.75 Å². The van der Waals surface area contributed by atoms with Crippen molar-refractivity contribution in [2.45, 2.75) is 0 Å². The highest BCUT2D eigenvalue weighted by atomic mass is 79.9. The molecule has 0 saturated heterocycles. The van der Waals surface area contributed by atoms with Gasteiger partial charge in [0.1, 0.15) is 5.75 Å². The zero-order valence-corrected chi connectivity index (χ0v) is 17.9. The Labute approximate surface area is 176 Å². The second-order valence-corrected chi connectivity index (χ2v) is 7.86. The van der Waals surface area contributed by atoms with Gasteiger partial charge in [-0.3, -0.25) is 25.8 Å². The maximum absolute atomic E-state index is 11.8. The van der Waals surface area contributed by atoms with Gasteiger partial charge in [-0.15, -0.1) is 11.3 Å². The number of hydrogen-bond acceptors (Lipinski definition) is 5. The fourth-order valence-electron chi connectivity index (χ4n) is 1.63. The van der Waals surface area contributed by atoms with Crippen molar-refractivity contribution in [1.29, 1.82) is 0 Å². The van der Waals surface area contributed by atoms with Crippen molar-refractivity contribution in [2.24, 2.45) is 0 Å². The molecule has 1 heterocycles. The Balaban J connectivity index is 1.69. The lowest BCUT2D eigenvalue weighted by atomic mass is 10.3. The van der Waals surface area contributed by atoms with Crippen molar-refractivity contribution in [3.63, 3.8) is 0 Å². The van der Waals surface area contributed by atoms with Crippen LogP contribution in [-0.4, -0.2) is 23.5 Å². The van der Waals surface area contributed by atoms with E-state index in [4.69, 9.17) is 17.0 Å². The number of hydrogen-bond donors (Lipinski definition) is 3. The van der Waals surface area contributed by atoms with Crippen molar-refractivity contribution in [2.75, 3.05) is 6.61 Å². The minimum absolute atomic E-state index is 0.0241. The summed E-state index contributed by atoms with van der Waals surface area (Å²) in [4.78, 5) is 24.4. The summed E-state index contributed by atoms with van der Waals surface area (Å²) in [6, 6.07) is 9.10. The number of amides is 2. The van der Waals surface area contributed by atoms with Gasteiger partial charge in [0, 0.05) is 15.4 Å². The zero-order chi connectivity index (χ0) is 18.9. The molecule has 26 heavy (non-hydrogen) atoms. The van der Waals surface area contributed by atoms with Crippen LogP contribution in [0.1, 0.15) is 4.88 Å². The van der Waals surface area contributed by atoms with Crippen LogP contribution in [0.4, 0.5) is 0 Å². The number of carbonyl (C=O) groups excluding carboxylic acids is 2. The first-order valence-corrected chi connectivity index (χ1v) is 10.0. The van der Waals surface area contributed by atoms with Crippen molar-refractivity contribution >= 4 is 78.4 Å². The van der Waals surface area contributed by atoms with Gasteiger partial charge in [0.05, 0.1) is 4.47 Å². The van der Waals surface area contributed by atoms with Crippen LogP contribution < -0.4 is 20.9 Å². The van der Waals surface area contributed by atoms with Gasteiger partial charge in [-0.1, -0.05) is 22.0 Å². The van der Waals surface area contributed by atoms with Gasteiger partial charge >= 0.3 is 0 Å². The number of benzene rings is 1. The first-order valence-electron chi connectivity index (χ1n) is 7.13. The van der Waals surface area contributed by atoms with Gasteiger partial charge in [0.25, 0.3) is 5.91 Å². The van der Waals surface area contributed by atoms with Crippen LogP contribution in [0.3, 0.4) is 0 Å². The van der Waals surface area contributed by atoms with Crippen molar-refractivity contribution in [1.82, 2.24) is 16.2 Å². The fourth-order valence-corrected chi connectivity index (χ4v) is 3.56. The monoisotopic (exact) mass is 517 g/mol. The van der Waals surface area contributed by atoms with E-state index >= 15 is 0 Å². The third kappa shape index (κ3) is 7.24. The van der Waals surface area contributed by atoms with E-state index in [2.05, 4.69) is 48.0 Å². The van der Waals surface area contributed by atoms with Crippen LogP contribution >= 0.6 is 55.4 Å². The molecule has 0 spiro atoms. The van der Waals surface area contributed by atoms with Crippen molar-refractivity contribution < 1.29 is 14.3 Å². The summed E-state index contributed by atoms with van der Waals surface area (Å²) < 4.78 is 6.99. The van der Waals surface area contributed by atoms with E-state index in [-0.39, 0.29) is 11.7 Å². The molecule has 2 aromatic rings. The number of hydrazine groups is 1. The summed E-state index contributed by atoms with van der Waals surface area (Å²) in [6.45, 7) is -0.220. The molecule has 0 saturated carbocycles. The van der Waals surface area contributed by atoms with Gasteiger partial charge in [-0.25, -0.2) is 0 Å². The summed E-state index contributed by atoms with van der Waals surface area (Å²) in [5.41, 5.74) is 4.78. The molecule has 3 N–H and O–H groups in total. The molecule has 0 radical (unpaired) electrons. The number of carbonyl (C=O) groups is 2. The minimum Gasteiger partial charge on any atom is -0.483 e. The molecule has 6 nitrogen and oxygen atoms in total. The highest BCUT2D eigenvalue weighted by Crippen LogP contribution is 2.27. The molecule has 0 aliphatic heterocycles. The van der Waals surface area contributed by atoms with Crippen LogP contribution in [0.25, 0.3) is 6.08 Å². The Morgan fingerprint density at radius 1 is 1.23 bits per heavy atom. The molecule has 0 bridgehead atoms. The molecule has 2 rings (SSSR count). The molecule has 1 aromatic heterocycles. The van der Waals surface area contributed by atoms with E-state index in [9.17, 15) is 9.59 Å². The Kier molecular flexibility index (Phi) is 8.23. The predicted molar refractivity (Wildman–Crippen MR) is 113 cm³/mol. The summed E-state index contributed by atoms with van der Waals surface area (Å²) in [6.07, 6.45) is 3.03. The second kappa shape index (κ2) is 10.4. The van der Waals surface area contributed by atoms with Gasteiger partial charge in [0.15, 0.2) is 11.7 Å². The van der Waals surface area contributed by atoms with Gasteiger partial charge in [-0.05, 0) is 63.9 Å². The fraction of sp³-hybridized carbons (Fsp3) is 0.0625. The summed E-state index contributed by atoms with van der Waals surface area (Å²) in [5.74, 6) is -0.330. The predicted octanol–water partition coefficient (Wildman–Crippen LogP) is 3.39. The quantitative estimate of drug-likeness (QED) is 0.321. The highest BCUT2D eigenvalue weighted by molar-refractivity contribution is 9.11. The lowest BCUT2D eigenvalue weighted by molar-refractivity contribution is -0.123. The van der Waals surface area contributed by atoms with E-state index in [1.807, 2.05) is 17.5 Å². The zero-order valence-electron chi connectivity index (χ0n) is 13.1. The summed E-state index contributed by atoms with van der Waals surface area (Å²) >= 11 is 13.1. The van der Waals surface area contributed by atoms with Gasteiger partial charge in [-0.2, -0.15) is 0 Å². The number of rotatable bonds is 5. The lowest BCUT2D eigenvalue weighted by Crippen LogP contribution is -2.49. The maximum Gasteiger partial charge on any atom is 0.276 e. The maximum atomic E-state index is 11.8. The molecular formula is C16H13Br2N3O3S2.